The molecule has 2 rings (SSSR count). The number of hydrogen-bond donors (Lipinski definition) is 1. The molecule has 66 valence electrons. The van der Waals surface area contributed by atoms with Crippen molar-refractivity contribution >= 4 is 5.91 Å². The van der Waals surface area contributed by atoms with E-state index >= 15 is 0 Å². The number of fused-ring (bicyclic) bond motifs is 2. The molecule has 12 heavy (non-hydrogen) atoms. The highest BCUT2D eigenvalue weighted by Gasteiger charge is 2.49. The molecule has 0 spiro atoms. The number of amides is 1. The fraction of sp³-hybridized carbons (Fsp3) is 0.700. The van der Waals surface area contributed by atoms with Crippen molar-refractivity contribution < 1.29 is 4.79 Å². The summed E-state index contributed by atoms with van der Waals surface area (Å²) in [5.41, 5.74) is -0.117. The Bertz CT molecular complexity index is 246. The minimum absolute atomic E-state index is 0.117. The molecule has 1 saturated carbocycles. The molecule has 2 aliphatic rings. The highest BCUT2D eigenvalue weighted by molar-refractivity contribution is 5.83. The summed E-state index contributed by atoms with van der Waals surface area (Å²) in [6, 6.07) is 0. The van der Waals surface area contributed by atoms with Crippen LogP contribution in [0.2, 0.25) is 0 Å². The van der Waals surface area contributed by atoms with Crippen LogP contribution in [0, 0.1) is 17.3 Å². The molecular weight excluding hydrogens is 150 g/mol. The average molecular weight is 165 g/mol. The first-order chi connectivity index (χ1) is 5.66. The predicted molar refractivity (Wildman–Crippen MR) is 47.5 cm³/mol. The van der Waals surface area contributed by atoms with Gasteiger partial charge in [0.1, 0.15) is 0 Å². The topological polar surface area (TPSA) is 29.1 Å². The summed E-state index contributed by atoms with van der Waals surface area (Å²) in [6.45, 7) is 2.08. The molecule has 1 amide bonds. The van der Waals surface area contributed by atoms with Gasteiger partial charge in [-0.25, -0.2) is 0 Å². The lowest BCUT2D eigenvalue weighted by Gasteiger charge is -2.28. The van der Waals surface area contributed by atoms with Gasteiger partial charge in [-0.15, -0.1) is 0 Å². The van der Waals surface area contributed by atoms with E-state index in [1.54, 1.807) is 7.05 Å². The number of nitrogens with one attached hydrogen (secondary N) is 1. The van der Waals surface area contributed by atoms with Crippen molar-refractivity contribution in [2.24, 2.45) is 17.3 Å². The van der Waals surface area contributed by atoms with Crippen LogP contribution in [0.1, 0.15) is 19.8 Å². The number of carbonyl (C=O) groups is 1. The summed E-state index contributed by atoms with van der Waals surface area (Å²) in [5.74, 6) is 1.36. The van der Waals surface area contributed by atoms with E-state index in [1.807, 2.05) is 0 Å². The van der Waals surface area contributed by atoms with Crippen molar-refractivity contribution in [3.8, 4) is 0 Å². The van der Waals surface area contributed by atoms with Gasteiger partial charge in [-0.3, -0.25) is 4.79 Å². The Hall–Kier alpha value is -0.790. The van der Waals surface area contributed by atoms with Gasteiger partial charge < -0.3 is 5.32 Å². The summed E-state index contributed by atoms with van der Waals surface area (Å²) in [5, 5.41) is 2.76. The zero-order valence-corrected chi connectivity index (χ0v) is 7.63. The lowest BCUT2D eigenvalue weighted by molar-refractivity contribution is -0.130. The maximum atomic E-state index is 11.6. The third kappa shape index (κ3) is 0.838. The quantitative estimate of drug-likeness (QED) is 0.584. The van der Waals surface area contributed by atoms with Crippen LogP contribution in [0.5, 0.6) is 0 Å². The Kier molecular flexibility index (Phi) is 1.53. The smallest absolute Gasteiger partial charge is 0.226 e. The normalized spacial score (nSPS) is 43.5. The summed E-state index contributed by atoms with van der Waals surface area (Å²) in [7, 11) is 1.73. The largest absolute Gasteiger partial charge is 0.359 e. The Morgan fingerprint density at radius 3 is 2.75 bits per heavy atom. The molecule has 0 aliphatic heterocycles. The van der Waals surface area contributed by atoms with Crippen molar-refractivity contribution in [2.45, 2.75) is 19.8 Å². The van der Waals surface area contributed by atoms with E-state index in [0.717, 1.165) is 6.42 Å². The Labute approximate surface area is 73.0 Å². The molecule has 2 bridgehead atoms. The molecule has 1 fully saturated rings. The van der Waals surface area contributed by atoms with Crippen LogP contribution in [-0.2, 0) is 4.79 Å². The van der Waals surface area contributed by atoms with E-state index in [9.17, 15) is 4.79 Å². The molecule has 2 aliphatic carbocycles. The summed E-state index contributed by atoms with van der Waals surface area (Å²) >= 11 is 0. The van der Waals surface area contributed by atoms with Crippen molar-refractivity contribution in [2.75, 3.05) is 7.05 Å². The van der Waals surface area contributed by atoms with E-state index in [4.69, 9.17) is 0 Å². The minimum Gasteiger partial charge on any atom is -0.359 e. The Balaban J connectivity index is 2.23. The highest BCUT2D eigenvalue weighted by atomic mass is 16.2. The Morgan fingerprint density at radius 1 is 1.58 bits per heavy atom. The van der Waals surface area contributed by atoms with Crippen molar-refractivity contribution in [3.05, 3.63) is 12.2 Å². The molecule has 0 aromatic carbocycles. The molecule has 3 atom stereocenters. The minimum atomic E-state index is -0.117. The molecule has 2 heteroatoms. The van der Waals surface area contributed by atoms with Gasteiger partial charge in [0, 0.05) is 7.05 Å². The van der Waals surface area contributed by atoms with Gasteiger partial charge in [0.25, 0.3) is 0 Å². The Morgan fingerprint density at radius 2 is 2.33 bits per heavy atom. The number of rotatable bonds is 1. The third-order valence-electron chi connectivity index (χ3n) is 3.42. The van der Waals surface area contributed by atoms with Crippen LogP contribution in [0.3, 0.4) is 0 Å². The first kappa shape index (κ1) is 7.84. The first-order valence-electron chi connectivity index (χ1n) is 4.57. The third-order valence-corrected chi connectivity index (χ3v) is 3.42. The standard InChI is InChI=1S/C10H15NO/c1-10(9(12)11-2)6-7-3-4-8(10)5-7/h3-4,7-8H,5-6H2,1-2H3,(H,11,12)/t7-,8-,10+/m0/s1. The van der Waals surface area contributed by atoms with Crippen LogP contribution in [-0.4, -0.2) is 13.0 Å². The predicted octanol–water partition coefficient (Wildman–Crippen LogP) is 1.33. The number of allylic oxidation sites excluding steroid dienone is 2. The first-order valence-corrected chi connectivity index (χ1v) is 4.57. The summed E-state index contributed by atoms with van der Waals surface area (Å²) < 4.78 is 0. The van der Waals surface area contributed by atoms with Gasteiger partial charge in [-0.05, 0) is 24.7 Å². The van der Waals surface area contributed by atoms with E-state index in [0.29, 0.717) is 11.8 Å². The van der Waals surface area contributed by atoms with Crippen LogP contribution >= 0.6 is 0 Å². The van der Waals surface area contributed by atoms with Crippen LogP contribution in [0.4, 0.5) is 0 Å². The molecule has 0 aromatic heterocycles. The summed E-state index contributed by atoms with van der Waals surface area (Å²) in [6.07, 6.45) is 6.69. The molecule has 0 radical (unpaired) electrons. The van der Waals surface area contributed by atoms with Gasteiger partial charge in [0.15, 0.2) is 0 Å². The summed E-state index contributed by atoms with van der Waals surface area (Å²) in [4.78, 5) is 11.6. The van der Waals surface area contributed by atoms with Crippen LogP contribution < -0.4 is 5.32 Å². The van der Waals surface area contributed by atoms with Crippen molar-refractivity contribution in [1.29, 1.82) is 0 Å². The zero-order valence-electron chi connectivity index (χ0n) is 7.63. The van der Waals surface area contributed by atoms with Gasteiger partial charge in [-0.1, -0.05) is 19.1 Å². The van der Waals surface area contributed by atoms with E-state index in [2.05, 4.69) is 24.4 Å². The molecule has 0 aromatic rings. The maximum Gasteiger partial charge on any atom is 0.226 e. The van der Waals surface area contributed by atoms with E-state index in [-0.39, 0.29) is 11.3 Å². The number of hydrogen-bond acceptors (Lipinski definition) is 1. The maximum absolute atomic E-state index is 11.6. The molecular formula is C10H15NO. The molecule has 0 unspecified atom stereocenters. The highest BCUT2D eigenvalue weighted by Crippen LogP contribution is 2.51. The van der Waals surface area contributed by atoms with Crippen molar-refractivity contribution in [1.82, 2.24) is 5.32 Å². The van der Waals surface area contributed by atoms with E-state index < -0.39 is 0 Å². The fourth-order valence-electron chi connectivity index (χ4n) is 2.64. The van der Waals surface area contributed by atoms with E-state index in [1.165, 1.54) is 6.42 Å². The SMILES string of the molecule is CNC(=O)[C@]1(C)C[C@H]2C=C[C@H]1C2. The average Bonchev–Trinajstić information content (AvgIpc) is 2.62. The van der Waals surface area contributed by atoms with Crippen LogP contribution in [0.25, 0.3) is 0 Å². The van der Waals surface area contributed by atoms with Gasteiger partial charge in [0.05, 0.1) is 5.41 Å². The van der Waals surface area contributed by atoms with Crippen molar-refractivity contribution in [3.63, 3.8) is 0 Å². The van der Waals surface area contributed by atoms with Gasteiger partial charge in [0.2, 0.25) is 5.91 Å². The van der Waals surface area contributed by atoms with Gasteiger partial charge in [-0.2, -0.15) is 0 Å². The lowest BCUT2D eigenvalue weighted by Crippen LogP contribution is -2.39. The second kappa shape index (κ2) is 2.35. The molecule has 0 heterocycles. The second-order valence-corrected chi connectivity index (χ2v) is 4.19. The molecule has 1 N–H and O–H groups in total. The molecule has 0 saturated heterocycles. The molecule has 2 nitrogen and oxygen atoms in total. The number of carbonyl (C=O) groups excluding carboxylic acids is 1. The zero-order chi connectivity index (χ0) is 8.77. The van der Waals surface area contributed by atoms with Crippen LogP contribution in [0.15, 0.2) is 12.2 Å². The van der Waals surface area contributed by atoms with Gasteiger partial charge >= 0.3 is 0 Å². The second-order valence-electron chi connectivity index (χ2n) is 4.19. The monoisotopic (exact) mass is 165 g/mol. The fourth-order valence-corrected chi connectivity index (χ4v) is 2.64. The lowest BCUT2D eigenvalue weighted by atomic mass is 9.77.